The van der Waals surface area contributed by atoms with Gasteiger partial charge in [-0.3, -0.25) is 0 Å². The van der Waals surface area contributed by atoms with Gasteiger partial charge in [-0.2, -0.15) is 0 Å². The van der Waals surface area contributed by atoms with E-state index in [1.807, 2.05) is 0 Å². The Hall–Kier alpha value is -0.860. The molecule has 0 bridgehead atoms. The summed E-state index contributed by atoms with van der Waals surface area (Å²) < 4.78 is 0. The van der Waals surface area contributed by atoms with Gasteiger partial charge in [-0.15, -0.1) is 23.5 Å². The lowest BCUT2D eigenvalue weighted by Crippen LogP contribution is -2.30. The minimum atomic E-state index is 0.701. The molecule has 0 saturated heterocycles. The van der Waals surface area contributed by atoms with E-state index >= 15 is 0 Å². The number of thioether (sulfide) groups is 2. The van der Waals surface area contributed by atoms with Gasteiger partial charge in [0.15, 0.2) is 0 Å². The van der Waals surface area contributed by atoms with Crippen LogP contribution in [0.3, 0.4) is 0 Å². The van der Waals surface area contributed by atoms with Crippen LogP contribution in [0.5, 0.6) is 0 Å². The van der Waals surface area contributed by atoms with E-state index in [0.29, 0.717) is 10.5 Å². The Morgan fingerprint density at radius 3 is 1.93 bits per heavy atom. The van der Waals surface area contributed by atoms with Crippen LogP contribution in [0.1, 0.15) is 77.6 Å². The van der Waals surface area contributed by atoms with Gasteiger partial charge in [-0.05, 0) is 49.4 Å². The second-order valence-corrected chi connectivity index (χ2v) is 11.0. The maximum Gasteiger partial charge on any atom is 0.0245 e. The lowest BCUT2D eigenvalue weighted by atomic mass is 9.85. The van der Waals surface area contributed by atoms with Crippen molar-refractivity contribution in [1.82, 2.24) is 0 Å². The summed E-state index contributed by atoms with van der Waals surface area (Å²) >= 11 is 4.32. The summed E-state index contributed by atoms with van der Waals surface area (Å²) in [5, 5.41) is 1.42. The highest BCUT2D eigenvalue weighted by Gasteiger charge is 2.32. The van der Waals surface area contributed by atoms with Crippen LogP contribution >= 0.6 is 23.5 Å². The quantitative estimate of drug-likeness (QED) is 0.245. The molecule has 0 aliphatic heterocycles. The zero-order chi connectivity index (χ0) is 20.2. The normalized spacial score (nSPS) is 17.1. The molecule has 2 aromatic carbocycles. The smallest absolute Gasteiger partial charge is 0.0245 e. The third-order valence-corrected chi connectivity index (χ3v) is 9.20. The molecular weight excluding hydrogens is 388 g/mol. The summed E-state index contributed by atoms with van der Waals surface area (Å²) in [4.78, 5) is 2.90. The molecule has 0 heterocycles. The molecule has 0 aromatic heterocycles. The molecule has 1 aliphatic carbocycles. The van der Waals surface area contributed by atoms with E-state index in [1.165, 1.54) is 80.4 Å². The van der Waals surface area contributed by atoms with Crippen LogP contribution in [0.4, 0.5) is 0 Å². The Kier molecular flexibility index (Phi) is 10.6. The van der Waals surface area contributed by atoms with Crippen molar-refractivity contribution in [1.29, 1.82) is 0 Å². The molecular formula is C27H38S2. The van der Waals surface area contributed by atoms with Gasteiger partial charge in [-0.25, -0.2) is 0 Å². The van der Waals surface area contributed by atoms with Gasteiger partial charge in [0.2, 0.25) is 0 Å². The minimum Gasteiger partial charge on any atom is -0.122 e. The predicted molar refractivity (Wildman–Crippen MR) is 132 cm³/mol. The second-order valence-electron chi connectivity index (χ2n) is 8.47. The van der Waals surface area contributed by atoms with Gasteiger partial charge < -0.3 is 0 Å². The zero-order valence-electron chi connectivity index (χ0n) is 18.1. The van der Waals surface area contributed by atoms with E-state index in [2.05, 4.69) is 91.1 Å². The van der Waals surface area contributed by atoms with Crippen molar-refractivity contribution in [3.8, 4) is 0 Å². The molecule has 158 valence electrons. The van der Waals surface area contributed by atoms with E-state index in [1.54, 1.807) is 0 Å². The standard InChI is InChI=1S/C27H38S2/c1-2-3-4-5-15-22-26(28-24-18-11-7-12-19-24)27(23-16-9-6-10-17-23)29-25-20-13-8-14-21-25/h7-8,11-14,18-21,23,26-27H,2-6,9-10,15-17,22H2,1H3/t26-,27-/m0/s1. The molecule has 1 fully saturated rings. The van der Waals surface area contributed by atoms with Crippen molar-refractivity contribution in [3.05, 3.63) is 60.7 Å². The van der Waals surface area contributed by atoms with Gasteiger partial charge in [0.1, 0.15) is 0 Å². The van der Waals surface area contributed by atoms with Gasteiger partial charge >= 0.3 is 0 Å². The van der Waals surface area contributed by atoms with Crippen molar-refractivity contribution in [3.63, 3.8) is 0 Å². The fraction of sp³-hybridized carbons (Fsp3) is 0.556. The lowest BCUT2D eigenvalue weighted by molar-refractivity contribution is 0.340. The number of rotatable bonds is 12. The summed E-state index contributed by atoms with van der Waals surface area (Å²) in [6.07, 6.45) is 15.4. The largest absolute Gasteiger partial charge is 0.122 e. The molecule has 3 rings (SSSR count). The minimum absolute atomic E-state index is 0.701. The van der Waals surface area contributed by atoms with E-state index in [4.69, 9.17) is 0 Å². The third-order valence-electron chi connectivity index (χ3n) is 6.12. The SMILES string of the molecule is CCCCCCC[C@H](Sc1ccccc1)[C@@H](Sc1ccccc1)C1CCCCC1. The van der Waals surface area contributed by atoms with E-state index in [0.717, 1.165) is 5.92 Å². The Labute approximate surface area is 187 Å². The first-order valence-corrected chi connectivity index (χ1v) is 13.6. The molecule has 0 nitrogen and oxygen atoms in total. The molecule has 2 atom stereocenters. The molecule has 0 N–H and O–H groups in total. The summed E-state index contributed by atoms with van der Waals surface area (Å²) in [6.45, 7) is 2.31. The summed E-state index contributed by atoms with van der Waals surface area (Å²) in [5.74, 6) is 0.866. The maximum atomic E-state index is 2.31. The van der Waals surface area contributed by atoms with Crippen LogP contribution in [0.2, 0.25) is 0 Å². The molecule has 0 unspecified atom stereocenters. The van der Waals surface area contributed by atoms with E-state index in [9.17, 15) is 0 Å². The maximum absolute atomic E-state index is 2.31. The van der Waals surface area contributed by atoms with Gasteiger partial charge in [-0.1, -0.05) is 94.7 Å². The van der Waals surface area contributed by atoms with Crippen LogP contribution in [-0.4, -0.2) is 10.5 Å². The van der Waals surface area contributed by atoms with Crippen LogP contribution in [0.15, 0.2) is 70.5 Å². The average Bonchev–Trinajstić information content (AvgIpc) is 2.79. The number of hydrogen-bond donors (Lipinski definition) is 0. The summed E-state index contributed by atoms with van der Waals surface area (Å²) in [6, 6.07) is 22.3. The highest BCUT2D eigenvalue weighted by atomic mass is 32.2. The lowest BCUT2D eigenvalue weighted by Gasteiger charge is -2.35. The third kappa shape index (κ3) is 8.06. The molecule has 1 aliphatic rings. The van der Waals surface area contributed by atoms with Crippen molar-refractivity contribution >= 4 is 23.5 Å². The molecule has 29 heavy (non-hydrogen) atoms. The molecule has 1 saturated carbocycles. The second kappa shape index (κ2) is 13.4. The Morgan fingerprint density at radius 1 is 0.724 bits per heavy atom. The number of hydrogen-bond acceptors (Lipinski definition) is 2. The Bertz CT molecular complexity index is 649. The number of benzene rings is 2. The molecule has 2 aromatic rings. The fourth-order valence-electron chi connectivity index (χ4n) is 4.51. The number of unbranched alkanes of at least 4 members (excludes halogenated alkanes) is 4. The summed E-state index contributed by atoms with van der Waals surface area (Å²) in [5.41, 5.74) is 0. The van der Waals surface area contributed by atoms with Crippen molar-refractivity contribution < 1.29 is 0 Å². The van der Waals surface area contributed by atoms with E-state index in [-0.39, 0.29) is 0 Å². The average molecular weight is 427 g/mol. The fourth-order valence-corrected chi connectivity index (χ4v) is 7.53. The first-order chi connectivity index (χ1) is 14.4. The Morgan fingerprint density at radius 2 is 1.31 bits per heavy atom. The highest BCUT2D eigenvalue weighted by Crippen LogP contribution is 2.44. The van der Waals surface area contributed by atoms with Crippen molar-refractivity contribution in [2.75, 3.05) is 0 Å². The van der Waals surface area contributed by atoms with Gasteiger partial charge in [0, 0.05) is 20.3 Å². The monoisotopic (exact) mass is 426 g/mol. The molecule has 0 amide bonds. The first-order valence-electron chi connectivity index (χ1n) is 11.8. The van der Waals surface area contributed by atoms with Crippen LogP contribution in [0, 0.1) is 5.92 Å². The van der Waals surface area contributed by atoms with Crippen LogP contribution in [0.25, 0.3) is 0 Å². The van der Waals surface area contributed by atoms with E-state index < -0.39 is 0 Å². The Balaban J connectivity index is 1.75. The van der Waals surface area contributed by atoms with Crippen molar-refractivity contribution in [2.24, 2.45) is 5.92 Å². The zero-order valence-corrected chi connectivity index (χ0v) is 19.7. The van der Waals surface area contributed by atoms with Crippen LogP contribution < -0.4 is 0 Å². The summed E-state index contributed by atoms with van der Waals surface area (Å²) in [7, 11) is 0. The molecule has 2 heteroatoms. The molecule has 0 spiro atoms. The van der Waals surface area contributed by atoms with Crippen molar-refractivity contribution in [2.45, 2.75) is 97.8 Å². The van der Waals surface area contributed by atoms with Gasteiger partial charge in [0.05, 0.1) is 0 Å². The molecule has 0 radical (unpaired) electrons. The highest BCUT2D eigenvalue weighted by molar-refractivity contribution is 8.03. The van der Waals surface area contributed by atoms with Gasteiger partial charge in [0.25, 0.3) is 0 Å². The topological polar surface area (TPSA) is 0 Å². The van der Waals surface area contributed by atoms with Crippen LogP contribution in [-0.2, 0) is 0 Å². The first kappa shape index (κ1) is 22.8. The predicted octanol–water partition coefficient (Wildman–Crippen LogP) is 9.25.